The number of hydrogen-bond donors (Lipinski definition) is 3. The zero-order chi connectivity index (χ0) is 16.5. The van der Waals surface area contributed by atoms with Crippen molar-refractivity contribution >= 4 is 17.1 Å². The van der Waals surface area contributed by atoms with Crippen molar-refractivity contribution in [1.29, 1.82) is 0 Å². The van der Waals surface area contributed by atoms with Crippen LogP contribution < -0.4 is 26.3 Å². The first-order chi connectivity index (χ1) is 11.7. The number of allylic oxidation sites excluding steroid dienone is 1. The number of ether oxygens (including phenoxy) is 2. The molecule has 0 bridgehead atoms. The second-order valence-corrected chi connectivity index (χ2v) is 5.96. The van der Waals surface area contributed by atoms with E-state index in [-0.39, 0.29) is 6.79 Å². The average Bonchev–Trinajstić information content (AvgIpc) is 2.87. The molecule has 0 saturated heterocycles. The standard InChI is InChI=1S/C18H20N4O2/c19-14-4-7-22-18(20)16(14)12-8-13(11-2-1-5-21-6-3-11)17-15(9-12)23-10-24-17/h3-4,7-9,21H,1-2,5-6,10H2,(H4,19,20,22). The summed E-state index contributed by atoms with van der Waals surface area (Å²) in [6, 6.07) is 5.75. The SMILES string of the molecule is Nc1ccnc(N)c1-c1cc2c(c(C3=CCNCCC3)c1)OCO2. The number of nitrogens with zero attached hydrogens (tertiary/aromatic N) is 1. The molecule has 0 saturated carbocycles. The fraction of sp³-hybridized carbons (Fsp3) is 0.278. The van der Waals surface area contributed by atoms with Gasteiger partial charge >= 0.3 is 0 Å². The Morgan fingerprint density at radius 1 is 1.17 bits per heavy atom. The second kappa shape index (κ2) is 6.05. The molecule has 24 heavy (non-hydrogen) atoms. The summed E-state index contributed by atoms with van der Waals surface area (Å²) >= 11 is 0. The van der Waals surface area contributed by atoms with Crippen molar-refractivity contribution in [3.8, 4) is 22.6 Å². The quantitative estimate of drug-likeness (QED) is 0.785. The van der Waals surface area contributed by atoms with Crippen LogP contribution in [0.25, 0.3) is 16.7 Å². The highest BCUT2D eigenvalue weighted by Gasteiger charge is 2.23. The van der Waals surface area contributed by atoms with E-state index in [2.05, 4.69) is 22.4 Å². The topological polar surface area (TPSA) is 95.4 Å². The Balaban J connectivity index is 1.88. The zero-order valence-electron chi connectivity index (χ0n) is 13.3. The molecule has 0 atom stereocenters. The van der Waals surface area contributed by atoms with Gasteiger partial charge in [0.25, 0.3) is 0 Å². The lowest BCUT2D eigenvalue weighted by Gasteiger charge is -2.14. The molecule has 0 unspecified atom stereocenters. The molecule has 6 nitrogen and oxygen atoms in total. The van der Waals surface area contributed by atoms with Crippen LogP contribution in [0.1, 0.15) is 18.4 Å². The maximum atomic E-state index is 6.14. The molecular formula is C18H20N4O2. The molecule has 124 valence electrons. The molecule has 0 aliphatic carbocycles. The van der Waals surface area contributed by atoms with E-state index in [1.165, 1.54) is 5.57 Å². The van der Waals surface area contributed by atoms with Gasteiger partial charge in [-0.05, 0) is 48.7 Å². The highest BCUT2D eigenvalue weighted by atomic mass is 16.7. The van der Waals surface area contributed by atoms with Crippen molar-refractivity contribution in [2.24, 2.45) is 0 Å². The first kappa shape index (κ1) is 14.8. The van der Waals surface area contributed by atoms with Gasteiger partial charge in [-0.1, -0.05) is 6.08 Å². The van der Waals surface area contributed by atoms with Gasteiger partial charge in [-0.15, -0.1) is 0 Å². The summed E-state index contributed by atoms with van der Waals surface area (Å²) in [6.45, 7) is 2.10. The van der Waals surface area contributed by atoms with E-state index in [0.717, 1.165) is 54.1 Å². The molecule has 2 aromatic rings. The third-order valence-electron chi connectivity index (χ3n) is 4.41. The molecule has 0 radical (unpaired) electrons. The molecule has 0 fully saturated rings. The van der Waals surface area contributed by atoms with Crippen LogP contribution in [0.2, 0.25) is 0 Å². The lowest BCUT2D eigenvalue weighted by molar-refractivity contribution is 0.173. The molecule has 2 aliphatic rings. The number of rotatable bonds is 2. The van der Waals surface area contributed by atoms with Gasteiger partial charge in [0.05, 0.1) is 0 Å². The zero-order valence-corrected chi connectivity index (χ0v) is 13.3. The van der Waals surface area contributed by atoms with Gasteiger partial charge in [0, 0.05) is 29.6 Å². The van der Waals surface area contributed by atoms with Gasteiger partial charge in [-0.3, -0.25) is 0 Å². The third-order valence-corrected chi connectivity index (χ3v) is 4.41. The van der Waals surface area contributed by atoms with Crippen molar-refractivity contribution in [3.05, 3.63) is 36.0 Å². The van der Waals surface area contributed by atoms with E-state index in [0.29, 0.717) is 11.5 Å². The van der Waals surface area contributed by atoms with Crippen molar-refractivity contribution in [2.45, 2.75) is 12.8 Å². The molecule has 0 amide bonds. The van der Waals surface area contributed by atoms with Crippen LogP contribution in [0, 0.1) is 0 Å². The Labute approximate surface area is 140 Å². The number of benzene rings is 1. The predicted molar refractivity (Wildman–Crippen MR) is 94.7 cm³/mol. The third kappa shape index (κ3) is 2.55. The molecule has 1 aromatic heterocycles. The van der Waals surface area contributed by atoms with E-state index >= 15 is 0 Å². The normalized spacial score (nSPS) is 16.6. The summed E-state index contributed by atoms with van der Waals surface area (Å²) < 4.78 is 11.3. The lowest BCUT2D eigenvalue weighted by atomic mass is 9.94. The van der Waals surface area contributed by atoms with E-state index in [4.69, 9.17) is 20.9 Å². The minimum atomic E-state index is 0.231. The number of aromatic nitrogens is 1. The molecule has 4 rings (SSSR count). The maximum absolute atomic E-state index is 6.14. The summed E-state index contributed by atoms with van der Waals surface area (Å²) in [5.74, 6) is 1.94. The highest BCUT2D eigenvalue weighted by molar-refractivity contribution is 5.88. The first-order valence-corrected chi connectivity index (χ1v) is 8.08. The van der Waals surface area contributed by atoms with Gasteiger partial charge in [0.15, 0.2) is 11.5 Å². The number of pyridine rings is 1. The Morgan fingerprint density at radius 2 is 2.08 bits per heavy atom. The number of nitrogen functional groups attached to an aromatic ring is 2. The van der Waals surface area contributed by atoms with Crippen LogP contribution in [-0.2, 0) is 0 Å². The Morgan fingerprint density at radius 3 is 2.96 bits per heavy atom. The highest BCUT2D eigenvalue weighted by Crippen LogP contribution is 2.45. The minimum absolute atomic E-state index is 0.231. The summed E-state index contributed by atoms with van der Waals surface area (Å²) in [5.41, 5.74) is 16.7. The lowest BCUT2D eigenvalue weighted by Crippen LogP contribution is -2.12. The van der Waals surface area contributed by atoms with Crippen LogP contribution in [-0.4, -0.2) is 24.9 Å². The maximum Gasteiger partial charge on any atom is 0.231 e. The average molecular weight is 324 g/mol. The summed E-state index contributed by atoms with van der Waals surface area (Å²) in [4.78, 5) is 4.17. The molecule has 5 N–H and O–H groups in total. The fourth-order valence-corrected chi connectivity index (χ4v) is 3.25. The molecule has 3 heterocycles. The van der Waals surface area contributed by atoms with Gasteiger partial charge < -0.3 is 26.3 Å². The van der Waals surface area contributed by atoms with Crippen molar-refractivity contribution < 1.29 is 9.47 Å². The van der Waals surface area contributed by atoms with Crippen LogP contribution in [0.4, 0.5) is 11.5 Å². The largest absolute Gasteiger partial charge is 0.454 e. The molecule has 1 aromatic carbocycles. The number of nitrogens with two attached hydrogens (primary N) is 2. The number of fused-ring (bicyclic) bond motifs is 1. The molecule has 0 spiro atoms. The van der Waals surface area contributed by atoms with E-state index in [9.17, 15) is 0 Å². The van der Waals surface area contributed by atoms with E-state index < -0.39 is 0 Å². The van der Waals surface area contributed by atoms with Crippen LogP contribution in [0.3, 0.4) is 0 Å². The van der Waals surface area contributed by atoms with Crippen LogP contribution in [0.5, 0.6) is 11.5 Å². The smallest absolute Gasteiger partial charge is 0.231 e. The molecular weight excluding hydrogens is 304 g/mol. The Bertz CT molecular complexity index is 797. The van der Waals surface area contributed by atoms with Gasteiger partial charge in [0.2, 0.25) is 6.79 Å². The first-order valence-electron chi connectivity index (χ1n) is 8.08. The monoisotopic (exact) mass is 324 g/mol. The number of hydrogen-bond acceptors (Lipinski definition) is 6. The predicted octanol–water partition coefficient (Wildman–Crippen LogP) is 2.41. The summed E-state index contributed by atoms with van der Waals surface area (Å²) in [5, 5.41) is 3.38. The molecule has 6 heteroatoms. The van der Waals surface area contributed by atoms with Gasteiger partial charge in [0.1, 0.15) is 5.82 Å². The Kier molecular flexibility index (Phi) is 3.74. The summed E-state index contributed by atoms with van der Waals surface area (Å²) in [6.07, 6.45) is 5.90. The summed E-state index contributed by atoms with van der Waals surface area (Å²) in [7, 11) is 0. The number of nitrogens with one attached hydrogen (secondary N) is 1. The fourth-order valence-electron chi connectivity index (χ4n) is 3.25. The van der Waals surface area contributed by atoms with E-state index in [1.807, 2.05) is 6.07 Å². The minimum Gasteiger partial charge on any atom is -0.454 e. The second-order valence-electron chi connectivity index (χ2n) is 5.96. The van der Waals surface area contributed by atoms with Crippen LogP contribution in [0.15, 0.2) is 30.5 Å². The van der Waals surface area contributed by atoms with Crippen LogP contribution >= 0.6 is 0 Å². The van der Waals surface area contributed by atoms with Gasteiger partial charge in [-0.2, -0.15) is 0 Å². The molecule has 2 aliphatic heterocycles. The number of anilines is 2. The van der Waals surface area contributed by atoms with Crippen molar-refractivity contribution in [2.75, 3.05) is 31.3 Å². The Hall–Kier alpha value is -2.73. The van der Waals surface area contributed by atoms with Gasteiger partial charge in [-0.25, -0.2) is 4.98 Å². The van der Waals surface area contributed by atoms with Crippen molar-refractivity contribution in [3.63, 3.8) is 0 Å². The van der Waals surface area contributed by atoms with E-state index in [1.54, 1.807) is 12.3 Å². The van der Waals surface area contributed by atoms with Crippen molar-refractivity contribution in [1.82, 2.24) is 10.3 Å².